The van der Waals surface area contributed by atoms with Crippen LogP contribution >= 0.6 is 0 Å². The van der Waals surface area contributed by atoms with Crippen molar-refractivity contribution in [2.75, 3.05) is 5.32 Å². The number of nitrogens with zero attached hydrogens (tertiary/aromatic N) is 3. The van der Waals surface area contributed by atoms with E-state index in [1.54, 1.807) is 13.0 Å². The van der Waals surface area contributed by atoms with Crippen molar-refractivity contribution in [1.82, 2.24) is 20.4 Å². The monoisotopic (exact) mass is 275 g/mol. The molecule has 0 aliphatic heterocycles. The second-order valence-corrected chi connectivity index (χ2v) is 5.44. The molecule has 2 N–H and O–H groups in total. The molecule has 0 bridgehead atoms. The number of amides is 1. The molecule has 106 valence electrons. The summed E-state index contributed by atoms with van der Waals surface area (Å²) in [6.07, 6.45) is 2.89. The van der Waals surface area contributed by atoms with E-state index in [1.165, 1.54) is 12.4 Å². The van der Waals surface area contributed by atoms with E-state index in [0.717, 1.165) is 0 Å². The molecular formula is C13H17N5O2. The topological polar surface area (TPSA) is 92.9 Å². The molecule has 0 spiro atoms. The minimum Gasteiger partial charge on any atom is -0.360 e. The molecule has 2 rings (SSSR count). The Morgan fingerprint density at radius 1 is 1.20 bits per heavy atom. The van der Waals surface area contributed by atoms with Crippen molar-refractivity contribution in [2.45, 2.75) is 33.2 Å². The second-order valence-electron chi connectivity index (χ2n) is 5.44. The van der Waals surface area contributed by atoms with Crippen LogP contribution in [0.3, 0.4) is 0 Å². The lowest BCUT2D eigenvalue weighted by Gasteiger charge is -2.19. The van der Waals surface area contributed by atoms with Gasteiger partial charge in [-0.25, -0.2) is 9.97 Å². The Bertz CT molecular complexity index is 598. The number of carbonyl (C=O) groups excluding carboxylic acids is 1. The van der Waals surface area contributed by atoms with Gasteiger partial charge in [-0.3, -0.25) is 4.79 Å². The first-order chi connectivity index (χ1) is 9.33. The molecule has 1 amide bonds. The molecule has 7 nitrogen and oxygen atoms in total. The van der Waals surface area contributed by atoms with Crippen LogP contribution in [0.2, 0.25) is 0 Å². The van der Waals surface area contributed by atoms with E-state index in [4.69, 9.17) is 4.52 Å². The predicted octanol–water partition coefficient (Wildman–Crippen LogP) is 2.04. The summed E-state index contributed by atoms with van der Waals surface area (Å²) in [6.45, 7) is 7.51. The molecule has 20 heavy (non-hydrogen) atoms. The van der Waals surface area contributed by atoms with Crippen LogP contribution in [-0.4, -0.2) is 26.6 Å². The van der Waals surface area contributed by atoms with Crippen LogP contribution in [0.4, 0.5) is 11.6 Å². The maximum atomic E-state index is 11.9. The lowest BCUT2D eigenvalue weighted by atomic mass is 10.1. The van der Waals surface area contributed by atoms with Gasteiger partial charge in [-0.2, -0.15) is 0 Å². The first-order valence-electron chi connectivity index (χ1n) is 6.18. The second kappa shape index (κ2) is 5.28. The summed E-state index contributed by atoms with van der Waals surface area (Å²) < 4.78 is 4.93. The predicted molar refractivity (Wildman–Crippen MR) is 73.8 cm³/mol. The van der Waals surface area contributed by atoms with Crippen molar-refractivity contribution in [3.63, 3.8) is 0 Å². The van der Waals surface area contributed by atoms with Crippen LogP contribution in [0.15, 0.2) is 23.0 Å². The lowest BCUT2D eigenvalue weighted by Crippen LogP contribution is -2.40. The van der Waals surface area contributed by atoms with E-state index < -0.39 is 0 Å². The molecule has 2 aromatic rings. The molecule has 2 aromatic heterocycles. The number of hydrogen-bond acceptors (Lipinski definition) is 6. The van der Waals surface area contributed by atoms with Crippen LogP contribution in [-0.2, 0) is 0 Å². The first-order valence-corrected chi connectivity index (χ1v) is 6.18. The summed E-state index contributed by atoms with van der Waals surface area (Å²) in [5.74, 6) is 1.48. The molecule has 0 unspecified atom stereocenters. The standard InChI is InChI=1S/C13H17N5O2/c1-8-5-10(18-20-8)16-11-7-14-9(6-15-11)12(19)17-13(2,3)4/h5-7H,1-4H3,(H,17,19)(H,15,16,18). The van der Waals surface area contributed by atoms with Gasteiger partial charge in [-0.05, 0) is 27.7 Å². The fourth-order valence-electron chi connectivity index (χ4n) is 1.47. The van der Waals surface area contributed by atoms with Gasteiger partial charge in [0.25, 0.3) is 5.91 Å². The molecule has 0 atom stereocenters. The summed E-state index contributed by atoms with van der Waals surface area (Å²) in [7, 11) is 0. The molecule has 0 radical (unpaired) electrons. The van der Waals surface area contributed by atoms with Crippen molar-refractivity contribution in [3.05, 3.63) is 29.9 Å². The van der Waals surface area contributed by atoms with Crippen LogP contribution in [0, 0.1) is 6.92 Å². The van der Waals surface area contributed by atoms with Gasteiger partial charge in [-0.15, -0.1) is 0 Å². The van der Waals surface area contributed by atoms with Crippen LogP contribution in [0.1, 0.15) is 37.0 Å². The van der Waals surface area contributed by atoms with Gasteiger partial charge >= 0.3 is 0 Å². The third-order valence-corrected chi connectivity index (χ3v) is 2.26. The van der Waals surface area contributed by atoms with E-state index in [0.29, 0.717) is 17.4 Å². The summed E-state index contributed by atoms with van der Waals surface area (Å²) >= 11 is 0. The molecule has 0 saturated carbocycles. The zero-order valence-electron chi connectivity index (χ0n) is 11.9. The van der Waals surface area contributed by atoms with Gasteiger partial charge in [0.15, 0.2) is 5.82 Å². The number of aromatic nitrogens is 3. The summed E-state index contributed by atoms with van der Waals surface area (Å²) in [6, 6.07) is 1.74. The molecular weight excluding hydrogens is 258 g/mol. The summed E-state index contributed by atoms with van der Waals surface area (Å²) in [5.41, 5.74) is -0.0460. The van der Waals surface area contributed by atoms with E-state index in [9.17, 15) is 4.79 Å². The largest absolute Gasteiger partial charge is 0.360 e. The lowest BCUT2D eigenvalue weighted by molar-refractivity contribution is 0.0914. The van der Waals surface area contributed by atoms with Crippen molar-refractivity contribution in [1.29, 1.82) is 0 Å². The van der Waals surface area contributed by atoms with Crippen molar-refractivity contribution in [2.24, 2.45) is 0 Å². The van der Waals surface area contributed by atoms with Gasteiger partial charge in [0.2, 0.25) is 0 Å². The van der Waals surface area contributed by atoms with Gasteiger partial charge < -0.3 is 15.2 Å². The Morgan fingerprint density at radius 2 is 1.95 bits per heavy atom. The van der Waals surface area contributed by atoms with Crippen molar-refractivity contribution >= 4 is 17.5 Å². The van der Waals surface area contributed by atoms with Crippen LogP contribution < -0.4 is 10.6 Å². The highest BCUT2D eigenvalue weighted by Crippen LogP contribution is 2.13. The van der Waals surface area contributed by atoms with E-state index in [-0.39, 0.29) is 17.1 Å². The zero-order chi connectivity index (χ0) is 14.8. The first kappa shape index (κ1) is 14.0. The molecule has 0 saturated heterocycles. The highest BCUT2D eigenvalue weighted by atomic mass is 16.5. The average Bonchev–Trinajstić information content (AvgIpc) is 2.73. The molecule has 0 aliphatic rings. The summed E-state index contributed by atoms with van der Waals surface area (Å²) in [4.78, 5) is 20.1. The quantitative estimate of drug-likeness (QED) is 0.890. The van der Waals surface area contributed by atoms with Gasteiger partial charge in [-0.1, -0.05) is 5.16 Å². The molecule has 0 fully saturated rings. The average molecular weight is 275 g/mol. The zero-order valence-corrected chi connectivity index (χ0v) is 11.9. The van der Waals surface area contributed by atoms with E-state index in [2.05, 4.69) is 25.8 Å². The smallest absolute Gasteiger partial charge is 0.271 e. The Hall–Kier alpha value is -2.44. The normalized spacial score (nSPS) is 11.2. The van der Waals surface area contributed by atoms with Crippen LogP contribution in [0.5, 0.6) is 0 Å². The highest BCUT2D eigenvalue weighted by Gasteiger charge is 2.16. The minimum absolute atomic E-state index is 0.256. The molecule has 7 heteroatoms. The van der Waals surface area contributed by atoms with E-state index in [1.807, 2.05) is 20.8 Å². The Labute approximate surface area is 116 Å². The number of carbonyl (C=O) groups is 1. The SMILES string of the molecule is Cc1cc(Nc2cnc(C(=O)NC(C)(C)C)cn2)no1. The number of rotatable bonds is 3. The highest BCUT2D eigenvalue weighted by molar-refractivity contribution is 5.92. The van der Waals surface area contributed by atoms with Gasteiger partial charge in [0.1, 0.15) is 17.3 Å². The number of hydrogen-bond donors (Lipinski definition) is 2. The van der Waals surface area contributed by atoms with Gasteiger partial charge in [0.05, 0.1) is 12.4 Å². The molecule has 0 aromatic carbocycles. The maximum Gasteiger partial charge on any atom is 0.271 e. The van der Waals surface area contributed by atoms with Crippen molar-refractivity contribution < 1.29 is 9.32 Å². The van der Waals surface area contributed by atoms with Gasteiger partial charge in [0, 0.05) is 11.6 Å². The maximum absolute atomic E-state index is 11.9. The molecule has 2 heterocycles. The Kier molecular flexibility index (Phi) is 3.69. The number of anilines is 2. The number of aryl methyl sites for hydroxylation is 1. The Morgan fingerprint density at radius 3 is 2.45 bits per heavy atom. The fourth-order valence-corrected chi connectivity index (χ4v) is 1.47. The third-order valence-electron chi connectivity index (χ3n) is 2.26. The summed E-state index contributed by atoms with van der Waals surface area (Å²) in [5, 5.41) is 9.53. The Balaban J connectivity index is 2.04. The van der Waals surface area contributed by atoms with Crippen molar-refractivity contribution in [3.8, 4) is 0 Å². The number of nitrogens with one attached hydrogen (secondary N) is 2. The fraction of sp³-hybridized carbons (Fsp3) is 0.385. The molecule has 0 aliphatic carbocycles. The van der Waals surface area contributed by atoms with Crippen LogP contribution in [0.25, 0.3) is 0 Å². The third kappa shape index (κ3) is 3.78. The minimum atomic E-state index is -0.312. The van der Waals surface area contributed by atoms with E-state index >= 15 is 0 Å².